The highest BCUT2D eigenvalue weighted by Crippen LogP contribution is 2.32. The van der Waals surface area contributed by atoms with Crippen LogP contribution in [0.25, 0.3) is 10.9 Å². The molecule has 0 spiro atoms. The van der Waals surface area contributed by atoms with Gasteiger partial charge < -0.3 is 0 Å². The van der Waals surface area contributed by atoms with Crippen molar-refractivity contribution < 1.29 is 0 Å². The van der Waals surface area contributed by atoms with Gasteiger partial charge in [-0.05, 0) is 43.2 Å². The Labute approximate surface area is 168 Å². The molecule has 2 heterocycles. The molecular weight excluding hydrogens is 434 g/mol. The van der Waals surface area contributed by atoms with E-state index < -0.39 is 0 Å². The Balaban J connectivity index is 1.87. The minimum absolute atomic E-state index is 0.129. The molecule has 2 aromatic heterocycles. The van der Waals surface area contributed by atoms with Crippen molar-refractivity contribution in [2.45, 2.75) is 38.0 Å². The van der Waals surface area contributed by atoms with Crippen LogP contribution in [0.15, 0.2) is 44.7 Å². The molecule has 1 aromatic carbocycles. The first-order valence-electron chi connectivity index (χ1n) is 8.64. The summed E-state index contributed by atoms with van der Waals surface area (Å²) in [5.74, 6) is 1.04. The Morgan fingerprint density at radius 3 is 2.77 bits per heavy atom. The zero-order chi connectivity index (χ0) is 18.1. The van der Waals surface area contributed by atoms with E-state index in [1.54, 1.807) is 6.21 Å². The van der Waals surface area contributed by atoms with E-state index in [0.717, 1.165) is 33.5 Å². The highest BCUT2D eigenvalue weighted by molar-refractivity contribution is 9.10. The van der Waals surface area contributed by atoms with Gasteiger partial charge in [-0.15, -0.1) is 11.3 Å². The first-order chi connectivity index (χ1) is 12.6. The molecule has 1 fully saturated rings. The fraction of sp³-hybridized carbons (Fsp3) is 0.316. The van der Waals surface area contributed by atoms with Gasteiger partial charge in [-0.3, -0.25) is 4.79 Å². The Bertz CT molecular complexity index is 1040. The molecule has 0 unspecified atom stereocenters. The first kappa shape index (κ1) is 17.9. The van der Waals surface area contributed by atoms with Crippen LogP contribution in [0.2, 0.25) is 4.34 Å². The molecule has 0 atom stereocenters. The van der Waals surface area contributed by atoms with Crippen molar-refractivity contribution in [1.82, 2.24) is 9.66 Å². The second-order valence-electron chi connectivity index (χ2n) is 6.47. The maximum Gasteiger partial charge on any atom is 0.282 e. The zero-order valence-corrected chi connectivity index (χ0v) is 17.1. The lowest BCUT2D eigenvalue weighted by molar-refractivity contribution is 0.416. The molecule has 4 nitrogen and oxygen atoms in total. The van der Waals surface area contributed by atoms with Gasteiger partial charge in [0.15, 0.2) is 0 Å². The third-order valence-corrected chi connectivity index (χ3v) is 6.36. The number of aromatic nitrogens is 2. The highest BCUT2D eigenvalue weighted by Gasteiger charge is 2.22. The average molecular weight is 451 g/mol. The van der Waals surface area contributed by atoms with E-state index in [2.05, 4.69) is 21.0 Å². The number of thiophene rings is 1. The fourth-order valence-corrected chi connectivity index (χ4v) is 4.70. The predicted molar refractivity (Wildman–Crippen MR) is 112 cm³/mol. The molecule has 0 bridgehead atoms. The summed E-state index contributed by atoms with van der Waals surface area (Å²) in [7, 11) is 0. The van der Waals surface area contributed by atoms with Crippen molar-refractivity contribution >= 4 is 56.0 Å². The maximum atomic E-state index is 13.1. The molecule has 1 saturated carbocycles. The van der Waals surface area contributed by atoms with Gasteiger partial charge in [-0.1, -0.05) is 46.8 Å². The molecule has 7 heteroatoms. The monoisotopic (exact) mass is 449 g/mol. The number of halogens is 2. The SMILES string of the molecule is O=c1c2cc(Br)ccc2nc(C2CCCCC2)n1N=Cc1ccc(Cl)s1. The van der Waals surface area contributed by atoms with Gasteiger partial charge in [0.2, 0.25) is 0 Å². The summed E-state index contributed by atoms with van der Waals surface area (Å²) < 4.78 is 3.04. The van der Waals surface area contributed by atoms with Gasteiger partial charge in [-0.25, -0.2) is 4.98 Å². The maximum absolute atomic E-state index is 13.1. The van der Waals surface area contributed by atoms with Crippen molar-refractivity contribution in [1.29, 1.82) is 0 Å². The molecule has 26 heavy (non-hydrogen) atoms. The van der Waals surface area contributed by atoms with E-state index in [9.17, 15) is 4.79 Å². The molecule has 0 N–H and O–H groups in total. The van der Waals surface area contributed by atoms with Crippen LogP contribution in [0.5, 0.6) is 0 Å². The lowest BCUT2D eigenvalue weighted by Gasteiger charge is -2.22. The smallest absolute Gasteiger partial charge is 0.267 e. The fourth-order valence-electron chi connectivity index (χ4n) is 3.41. The average Bonchev–Trinajstić information content (AvgIpc) is 3.07. The second-order valence-corrected chi connectivity index (χ2v) is 9.13. The molecule has 0 saturated heterocycles. The first-order valence-corrected chi connectivity index (χ1v) is 10.6. The van der Waals surface area contributed by atoms with Crippen molar-refractivity contribution in [2.24, 2.45) is 5.10 Å². The van der Waals surface area contributed by atoms with E-state index >= 15 is 0 Å². The second kappa shape index (κ2) is 7.62. The lowest BCUT2D eigenvalue weighted by atomic mass is 9.88. The predicted octanol–water partition coefficient (Wildman–Crippen LogP) is 5.80. The molecule has 134 valence electrons. The minimum Gasteiger partial charge on any atom is -0.267 e. The third kappa shape index (κ3) is 3.63. The summed E-state index contributed by atoms with van der Waals surface area (Å²) in [6.45, 7) is 0. The number of fused-ring (bicyclic) bond motifs is 1. The van der Waals surface area contributed by atoms with Crippen LogP contribution in [-0.4, -0.2) is 15.9 Å². The highest BCUT2D eigenvalue weighted by atomic mass is 79.9. The van der Waals surface area contributed by atoms with Gasteiger partial charge in [-0.2, -0.15) is 9.78 Å². The van der Waals surface area contributed by atoms with Crippen LogP contribution >= 0.6 is 38.9 Å². The van der Waals surface area contributed by atoms with Gasteiger partial charge in [0, 0.05) is 15.3 Å². The third-order valence-electron chi connectivity index (χ3n) is 4.70. The quantitative estimate of drug-likeness (QED) is 0.473. The summed E-state index contributed by atoms with van der Waals surface area (Å²) in [6, 6.07) is 9.34. The van der Waals surface area contributed by atoms with Crippen LogP contribution in [0.4, 0.5) is 0 Å². The molecule has 1 aliphatic carbocycles. The Morgan fingerprint density at radius 2 is 2.04 bits per heavy atom. The van der Waals surface area contributed by atoms with E-state index in [4.69, 9.17) is 16.6 Å². The summed E-state index contributed by atoms with van der Waals surface area (Å²) in [4.78, 5) is 18.9. The largest absolute Gasteiger partial charge is 0.282 e. The molecule has 3 aromatic rings. The number of benzene rings is 1. The molecule has 1 aliphatic rings. The van der Waals surface area contributed by atoms with Gasteiger partial charge in [0.1, 0.15) is 5.82 Å². The Morgan fingerprint density at radius 1 is 1.23 bits per heavy atom. The van der Waals surface area contributed by atoms with Gasteiger partial charge in [0.25, 0.3) is 5.56 Å². The van der Waals surface area contributed by atoms with Crippen LogP contribution in [0.3, 0.4) is 0 Å². The van der Waals surface area contributed by atoms with Crippen molar-refractivity contribution in [3.05, 3.63) is 60.2 Å². The molecular formula is C19H17BrClN3OS. The van der Waals surface area contributed by atoms with Crippen molar-refractivity contribution in [2.75, 3.05) is 0 Å². The van der Waals surface area contributed by atoms with Gasteiger partial charge >= 0.3 is 0 Å². The van der Waals surface area contributed by atoms with E-state index in [0.29, 0.717) is 9.72 Å². The molecule has 0 radical (unpaired) electrons. The summed E-state index contributed by atoms with van der Waals surface area (Å²) in [5, 5.41) is 5.07. The number of hydrogen-bond acceptors (Lipinski definition) is 4. The summed E-state index contributed by atoms with van der Waals surface area (Å²) in [5.41, 5.74) is 0.597. The van der Waals surface area contributed by atoms with E-state index in [1.165, 1.54) is 35.3 Å². The molecule has 0 aliphatic heterocycles. The van der Waals surface area contributed by atoms with Crippen LogP contribution in [0, 0.1) is 0 Å². The number of rotatable bonds is 3. The normalized spacial score (nSPS) is 15.9. The standard InChI is InChI=1S/C19H17BrClN3OS/c20-13-6-8-16-15(10-13)19(25)24(22-11-14-7-9-17(21)26-14)18(23-16)12-4-2-1-3-5-12/h6-12H,1-5H2. The Hall–Kier alpha value is -1.50. The van der Waals surface area contributed by atoms with E-state index in [-0.39, 0.29) is 11.5 Å². The van der Waals surface area contributed by atoms with Crippen LogP contribution < -0.4 is 5.56 Å². The van der Waals surface area contributed by atoms with Gasteiger partial charge in [0.05, 0.1) is 21.5 Å². The van der Waals surface area contributed by atoms with Crippen molar-refractivity contribution in [3.8, 4) is 0 Å². The summed E-state index contributed by atoms with van der Waals surface area (Å²) in [6.07, 6.45) is 7.38. The molecule has 0 amide bonds. The number of hydrogen-bond donors (Lipinski definition) is 0. The molecule has 4 rings (SSSR count). The lowest BCUT2D eigenvalue weighted by Crippen LogP contribution is -2.25. The minimum atomic E-state index is -0.129. The Kier molecular flexibility index (Phi) is 5.25. The number of nitrogens with zero attached hydrogens (tertiary/aromatic N) is 3. The van der Waals surface area contributed by atoms with Crippen LogP contribution in [-0.2, 0) is 0 Å². The van der Waals surface area contributed by atoms with E-state index in [1.807, 2.05) is 30.3 Å². The van der Waals surface area contributed by atoms with Crippen LogP contribution in [0.1, 0.15) is 48.7 Å². The zero-order valence-electron chi connectivity index (χ0n) is 14.0. The topological polar surface area (TPSA) is 47.2 Å². The summed E-state index contributed by atoms with van der Waals surface area (Å²) >= 11 is 10.9. The van der Waals surface area contributed by atoms with Crippen molar-refractivity contribution in [3.63, 3.8) is 0 Å².